The molecule has 23 heavy (non-hydrogen) atoms. The SMILES string of the molecule is CCN(CC(=O)O)C1CC(NC(=O)Nc2ccn(C(C)C)n2)C1. The molecule has 0 aliphatic heterocycles. The number of hydrogen-bond donors (Lipinski definition) is 3. The lowest BCUT2D eigenvalue weighted by atomic mass is 9.85. The summed E-state index contributed by atoms with van der Waals surface area (Å²) < 4.78 is 1.78. The molecule has 0 bridgehead atoms. The van der Waals surface area contributed by atoms with Crippen LogP contribution in [-0.4, -0.2) is 57.0 Å². The van der Waals surface area contributed by atoms with Gasteiger partial charge in [0.15, 0.2) is 5.82 Å². The van der Waals surface area contributed by atoms with Gasteiger partial charge in [-0.3, -0.25) is 19.7 Å². The number of nitrogens with zero attached hydrogens (tertiary/aromatic N) is 3. The van der Waals surface area contributed by atoms with Gasteiger partial charge in [-0.25, -0.2) is 4.79 Å². The van der Waals surface area contributed by atoms with Gasteiger partial charge in [0, 0.05) is 30.4 Å². The van der Waals surface area contributed by atoms with Crippen molar-refractivity contribution < 1.29 is 14.7 Å². The molecule has 0 saturated heterocycles. The zero-order valence-electron chi connectivity index (χ0n) is 13.8. The van der Waals surface area contributed by atoms with Crippen LogP contribution in [0.2, 0.25) is 0 Å². The fourth-order valence-corrected chi connectivity index (χ4v) is 2.71. The van der Waals surface area contributed by atoms with Gasteiger partial charge in [-0.1, -0.05) is 6.92 Å². The summed E-state index contributed by atoms with van der Waals surface area (Å²) >= 11 is 0. The number of carbonyl (C=O) groups excluding carboxylic acids is 1. The summed E-state index contributed by atoms with van der Waals surface area (Å²) in [6, 6.07) is 2.03. The van der Waals surface area contributed by atoms with E-state index in [1.165, 1.54) is 0 Å². The maximum atomic E-state index is 11.9. The van der Waals surface area contributed by atoms with Crippen LogP contribution in [0.3, 0.4) is 0 Å². The molecule has 0 spiro atoms. The summed E-state index contributed by atoms with van der Waals surface area (Å²) in [4.78, 5) is 24.7. The van der Waals surface area contributed by atoms with Crippen molar-refractivity contribution in [3.63, 3.8) is 0 Å². The van der Waals surface area contributed by atoms with Crippen LogP contribution in [0.4, 0.5) is 10.6 Å². The molecule has 1 fully saturated rings. The van der Waals surface area contributed by atoms with E-state index < -0.39 is 5.97 Å². The lowest BCUT2D eigenvalue weighted by Gasteiger charge is -2.42. The number of amides is 2. The molecular formula is C15H25N5O3. The first-order valence-electron chi connectivity index (χ1n) is 7.97. The number of hydrogen-bond acceptors (Lipinski definition) is 4. The number of rotatable bonds is 7. The molecule has 8 heteroatoms. The minimum Gasteiger partial charge on any atom is -0.480 e. The van der Waals surface area contributed by atoms with E-state index in [-0.39, 0.29) is 30.7 Å². The molecule has 0 atom stereocenters. The Balaban J connectivity index is 1.74. The van der Waals surface area contributed by atoms with Crippen LogP contribution < -0.4 is 10.6 Å². The summed E-state index contributed by atoms with van der Waals surface area (Å²) in [6.45, 7) is 6.72. The Kier molecular flexibility index (Phi) is 5.59. The molecule has 0 radical (unpaired) electrons. The Labute approximate surface area is 135 Å². The average Bonchev–Trinajstić information content (AvgIpc) is 2.88. The van der Waals surface area contributed by atoms with Gasteiger partial charge < -0.3 is 10.4 Å². The lowest BCUT2D eigenvalue weighted by Crippen LogP contribution is -2.55. The highest BCUT2D eigenvalue weighted by atomic mass is 16.4. The van der Waals surface area contributed by atoms with Crippen molar-refractivity contribution in [2.24, 2.45) is 0 Å². The molecule has 1 aliphatic rings. The predicted octanol–water partition coefficient (Wildman–Crippen LogP) is 1.52. The summed E-state index contributed by atoms with van der Waals surface area (Å²) in [5, 5.41) is 18.7. The summed E-state index contributed by atoms with van der Waals surface area (Å²) in [5.41, 5.74) is 0. The van der Waals surface area contributed by atoms with Crippen LogP contribution in [0.1, 0.15) is 39.7 Å². The second kappa shape index (κ2) is 7.45. The van der Waals surface area contributed by atoms with Crippen molar-refractivity contribution in [2.45, 2.75) is 51.7 Å². The molecule has 2 amide bonds. The Hall–Kier alpha value is -2.09. The van der Waals surface area contributed by atoms with E-state index >= 15 is 0 Å². The highest BCUT2D eigenvalue weighted by Gasteiger charge is 2.34. The minimum atomic E-state index is -0.818. The molecule has 1 saturated carbocycles. The van der Waals surface area contributed by atoms with E-state index in [2.05, 4.69) is 15.7 Å². The van der Waals surface area contributed by atoms with E-state index in [0.717, 1.165) is 12.8 Å². The van der Waals surface area contributed by atoms with Crippen LogP contribution >= 0.6 is 0 Å². The number of aromatic nitrogens is 2. The van der Waals surface area contributed by atoms with E-state index in [1.54, 1.807) is 10.7 Å². The molecule has 3 N–H and O–H groups in total. The molecule has 8 nitrogen and oxygen atoms in total. The maximum Gasteiger partial charge on any atom is 0.320 e. The Morgan fingerprint density at radius 3 is 2.70 bits per heavy atom. The van der Waals surface area contributed by atoms with E-state index in [4.69, 9.17) is 5.11 Å². The van der Waals surface area contributed by atoms with Gasteiger partial charge in [0.2, 0.25) is 0 Å². The third-order valence-corrected chi connectivity index (χ3v) is 4.09. The quantitative estimate of drug-likeness (QED) is 0.706. The van der Waals surface area contributed by atoms with Crippen LogP contribution in [0.25, 0.3) is 0 Å². The van der Waals surface area contributed by atoms with Gasteiger partial charge >= 0.3 is 12.0 Å². The monoisotopic (exact) mass is 323 g/mol. The van der Waals surface area contributed by atoms with E-state index in [9.17, 15) is 9.59 Å². The number of likely N-dealkylation sites (N-methyl/N-ethyl adjacent to an activating group) is 1. The first kappa shape index (κ1) is 17.3. The highest BCUT2D eigenvalue weighted by molar-refractivity contribution is 5.88. The Morgan fingerprint density at radius 1 is 1.48 bits per heavy atom. The van der Waals surface area contributed by atoms with E-state index in [1.807, 2.05) is 31.9 Å². The number of urea groups is 1. The molecule has 1 heterocycles. The van der Waals surface area contributed by atoms with Crippen molar-refractivity contribution in [1.29, 1.82) is 0 Å². The van der Waals surface area contributed by atoms with Gasteiger partial charge in [-0.15, -0.1) is 0 Å². The van der Waals surface area contributed by atoms with Crippen molar-refractivity contribution in [1.82, 2.24) is 20.0 Å². The number of carboxylic acids is 1. The van der Waals surface area contributed by atoms with Crippen molar-refractivity contribution in [3.8, 4) is 0 Å². The number of carboxylic acid groups (broad SMARTS) is 1. The lowest BCUT2D eigenvalue weighted by molar-refractivity contribution is -0.139. The molecule has 2 rings (SSSR count). The van der Waals surface area contributed by atoms with Crippen LogP contribution in [0, 0.1) is 0 Å². The fourth-order valence-electron chi connectivity index (χ4n) is 2.71. The molecule has 1 aromatic rings. The Bertz CT molecular complexity index is 551. The summed E-state index contributed by atoms with van der Waals surface area (Å²) in [6.07, 6.45) is 3.37. The topological polar surface area (TPSA) is 99.5 Å². The zero-order valence-corrected chi connectivity index (χ0v) is 13.8. The average molecular weight is 323 g/mol. The normalized spacial score (nSPS) is 20.4. The van der Waals surface area contributed by atoms with Crippen molar-refractivity contribution >= 4 is 17.8 Å². The summed E-state index contributed by atoms with van der Waals surface area (Å²) in [7, 11) is 0. The van der Waals surface area contributed by atoms with Crippen molar-refractivity contribution in [3.05, 3.63) is 12.3 Å². The van der Waals surface area contributed by atoms with Gasteiger partial charge in [0.25, 0.3) is 0 Å². The molecule has 1 aromatic heterocycles. The number of carbonyl (C=O) groups is 2. The number of nitrogens with one attached hydrogen (secondary N) is 2. The van der Waals surface area contributed by atoms with Gasteiger partial charge in [-0.05, 0) is 33.2 Å². The second-order valence-electron chi connectivity index (χ2n) is 6.15. The molecule has 0 unspecified atom stereocenters. The molecule has 0 aromatic carbocycles. The highest BCUT2D eigenvalue weighted by Crippen LogP contribution is 2.25. The second-order valence-corrected chi connectivity index (χ2v) is 6.15. The largest absolute Gasteiger partial charge is 0.480 e. The predicted molar refractivity (Wildman–Crippen MR) is 86.5 cm³/mol. The van der Waals surface area contributed by atoms with Gasteiger partial charge in [0.1, 0.15) is 0 Å². The molecule has 128 valence electrons. The standard InChI is InChI=1S/C15H25N5O3/c1-4-19(9-14(21)22)12-7-11(8-12)16-15(23)17-13-5-6-20(18-13)10(2)3/h5-6,10-12H,4,7-9H2,1-3H3,(H,21,22)(H2,16,17,18,23). The van der Waals surface area contributed by atoms with Crippen LogP contribution in [0.5, 0.6) is 0 Å². The van der Waals surface area contributed by atoms with Gasteiger partial charge in [-0.2, -0.15) is 5.10 Å². The van der Waals surface area contributed by atoms with Crippen molar-refractivity contribution in [2.75, 3.05) is 18.4 Å². The fraction of sp³-hybridized carbons (Fsp3) is 0.667. The molecular weight excluding hydrogens is 298 g/mol. The zero-order chi connectivity index (χ0) is 17.0. The van der Waals surface area contributed by atoms with Crippen LogP contribution in [0.15, 0.2) is 12.3 Å². The third-order valence-electron chi connectivity index (χ3n) is 4.09. The number of aliphatic carboxylic acids is 1. The third kappa shape index (κ3) is 4.69. The first-order chi connectivity index (χ1) is 10.9. The van der Waals surface area contributed by atoms with E-state index in [0.29, 0.717) is 12.4 Å². The Morgan fingerprint density at radius 2 is 2.17 bits per heavy atom. The minimum absolute atomic E-state index is 0.0483. The molecule has 1 aliphatic carbocycles. The maximum absolute atomic E-state index is 11.9. The smallest absolute Gasteiger partial charge is 0.320 e. The van der Waals surface area contributed by atoms with Gasteiger partial charge in [0.05, 0.1) is 6.54 Å². The summed E-state index contributed by atoms with van der Waals surface area (Å²) in [5.74, 6) is -0.296. The van der Waals surface area contributed by atoms with Crippen LogP contribution in [-0.2, 0) is 4.79 Å². The first-order valence-corrected chi connectivity index (χ1v) is 7.97. The number of anilines is 1.